The Morgan fingerprint density at radius 3 is 2.67 bits per heavy atom. The fourth-order valence-electron chi connectivity index (χ4n) is 2.59. The van der Waals surface area contributed by atoms with Crippen molar-refractivity contribution in [2.24, 2.45) is 5.92 Å². The number of ketones is 1. The summed E-state index contributed by atoms with van der Waals surface area (Å²) < 4.78 is 0. The molecule has 1 unspecified atom stereocenters. The molecule has 1 aromatic carbocycles. The zero-order chi connectivity index (χ0) is 13.0. The van der Waals surface area contributed by atoms with Crippen molar-refractivity contribution in [3.8, 4) is 0 Å². The number of nitrogens with zero attached hydrogens (tertiary/aromatic N) is 1. The molecule has 98 valence electrons. The molecule has 1 aromatic rings. The minimum atomic E-state index is 0.246. The van der Waals surface area contributed by atoms with E-state index in [1.165, 1.54) is 12.0 Å². The lowest BCUT2D eigenvalue weighted by molar-refractivity contribution is -0.125. The molecule has 0 amide bonds. The highest BCUT2D eigenvalue weighted by Gasteiger charge is 2.23. The third kappa shape index (κ3) is 3.82. The van der Waals surface area contributed by atoms with E-state index < -0.39 is 0 Å². The number of Topliss-reactive ketones (excluding diaryl/α,β-unsaturated/α-hetero) is 1. The van der Waals surface area contributed by atoms with Crippen LogP contribution in [0.2, 0.25) is 5.02 Å². The van der Waals surface area contributed by atoms with E-state index in [4.69, 9.17) is 11.6 Å². The van der Waals surface area contributed by atoms with Crippen molar-refractivity contribution in [2.45, 2.75) is 32.2 Å². The van der Waals surface area contributed by atoms with Crippen LogP contribution in [0.4, 0.5) is 0 Å². The van der Waals surface area contributed by atoms with Crippen LogP contribution >= 0.6 is 11.6 Å². The highest BCUT2D eigenvalue weighted by Crippen LogP contribution is 2.21. The molecule has 0 bridgehead atoms. The summed E-state index contributed by atoms with van der Waals surface area (Å²) in [6.07, 6.45) is 4.12. The first-order chi connectivity index (χ1) is 8.65. The molecule has 2 nitrogen and oxygen atoms in total. The Balaban J connectivity index is 1.86. The zero-order valence-electron chi connectivity index (χ0n) is 10.9. The molecule has 3 heteroatoms. The Hall–Kier alpha value is -0.860. The molecule has 0 heterocycles. The van der Waals surface area contributed by atoms with Gasteiger partial charge in [-0.3, -0.25) is 4.79 Å². The maximum atomic E-state index is 11.8. The van der Waals surface area contributed by atoms with E-state index in [0.29, 0.717) is 5.78 Å². The lowest BCUT2D eigenvalue weighted by atomic mass is 9.87. The van der Waals surface area contributed by atoms with Crippen molar-refractivity contribution in [3.05, 3.63) is 34.9 Å². The van der Waals surface area contributed by atoms with Gasteiger partial charge in [0.1, 0.15) is 5.78 Å². The van der Waals surface area contributed by atoms with Gasteiger partial charge in [0, 0.05) is 30.5 Å². The van der Waals surface area contributed by atoms with Gasteiger partial charge in [-0.25, -0.2) is 0 Å². The molecule has 0 spiro atoms. The van der Waals surface area contributed by atoms with E-state index in [9.17, 15) is 4.79 Å². The Morgan fingerprint density at radius 2 is 2.00 bits per heavy atom. The fraction of sp³-hybridized carbons (Fsp3) is 0.533. The van der Waals surface area contributed by atoms with Gasteiger partial charge in [-0.2, -0.15) is 0 Å². The summed E-state index contributed by atoms with van der Waals surface area (Å²) in [7, 11) is 2.08. The highest BCUT2D eigenvalue weighted by molar-refractivity contribution is 6.30. The van der Waals surface area contributed by atoms with E-state index in [1.807, 2.05) is 24.3 Å². The van der Waals surface area contributed by atoms with Gasteiger partial charge in [0.05, 0.1) is 0 Å². The maximum absolute atomic E-state index is 11.8. The van der Waals surface area contributed by atoms with Crippen LogP contribution < -0.4 is 0 Å². The molecule has 18 heavy (non-hydrogen) atoms. The SMILES string of the molecule is CN(Cc1ccc(Cl)cc1)CC1CCCCC1=O. The molecular weight excluding hydrogens is 246 g/mol. The van der Waals surface area contributed by atoms with Crippen molar-refractivity contribution in [1.29, 1.82) is 0 Å². The van der Waals surface area contributed by atoms with Crippen LogP contribution in [-0.2, 0) is 11.3 Å². The van der Waals surface area contributed by atoms with E-state index in [-0.39, 0.29) is 5.92 Å². The number of rotatable bonds is 4. The normalized spacial score (nSPS) is 20.4. The van der Waals surface area contributed by atoms with Gasteiger partial charge in [0.25, 0.3) is 0 Å². The molecular formula is C15H20ClNO. The minimum Gasteiger partial charge on any atom is -0.301 e. The molecule has 0 saturated heterocycles. The first-order valence-corrected chi connectivity index (χ1v) is 6.98. The third-order valence-electron chi connectivity index (χ3n) is 3.58. The number of halogens is 1. The van der Waals surface area contributed by atoms with Crippen LogP contribution in [0, 0.1) is 5.92 Å². The lowest BCUT2D eigenvalue weighted by Gasteiger charge is -2.26. The van der Waals surface area contributed by atoms with Crippen LogP contribution in [0.1, 0.15) is 31.2 Å². The number of carbonyl (C=O) groups excluding carboxylic acids is 1. The standard InChI is InChI=1S/C15H20ClNO/c1-17(10-12-6-8-14(16)9-7-12)11-13-4-2-3-5-15(13)18/h6-9,13H,2-5,10-11H2,1H3. The van der Waals surface area contributed by atoms with Gasteiger partial charge < -0.3 is 4.90 Å². The van der Waals surface area contributed by atoms with Gasteiger partial charge >= 0.3 is 0 Å². The van der Waals surface area contributed by atoms with E-state index in [2.05, 4.69) is 11.9 Å². The summed E-state index contributed by atoms with van der Waals surface area (Å²) >= 11 is 5.86. The summed E-state index contributed by atoms with van der Waals surface area (Å²) in [5.41, 5.74) is 1.24. The number of carbonyl (C=O) groups is 1. The fourth-order valence-corrected chi connectivity index (χ4v) is 2.72. The predicted molar refractivity (Wildman–Crippen MR) is 74.8 cm³/mol. The average Bonchev–Trinajstić information content (AvgIpc) is 2.35. The molecule has 0 N–H and O–H groups in total. The number of hydrogen-bond donors (Lipinski definition) is 0. The molecule has 1 saturated carbocycles. The molecule has 0 radical (unpaired) electrons. The number of hydrogen-bond acceptors (Lipinski definition) is 2. The van der Waals surface area contributed by atoms with E-state index in [0.717, 1.165) is 37.4 Å². The second-order valence-electron chi connectivity index (χ2n) is 5.23. The summed E-state index contributed by atoms with van der Waals surface area (Å²) in [5.74, 6) is 0.695. The largest absolute Gasteiger partial charge is 0.301 e. The maximum Gasteiger partial charge on any atom is 0.137 e. The molecule has 0 aliphatic heterocycles. The summed E-state index contributed by atoms with van der Waals surface area (Å²) in [6.45, 7) is 1.75. The molecule has 0 aromatic heterocycles. The van der Waals surface area contributed by atoms with Gasteiger partial charge in [-0.15, -0.1) is 0 Å². The van der Waals surface area contributed by atoms with Crippen LogP contribution in [0.25, 0.3) is 0 Å². The lowest BCUT2D eigenvalue weighted by Crippen LogP contribution is -2.32. The molecule has 2 rings (SSSR count). The molecule has 1 aliphatic rings. The van der Waals surface area contributed by atoms with Gasteiger partial charge in [0.2, 0.25) is 0 Å². The third-order valence-corrected chi connectivity index (χ3v) is 3.83. The highest BCUT2D eigenvalue weighted by atomic mass is 35.5. The first kappa shape index (κ1) is 13.6. The summed E-state index contributed by atoms with van der Waals surface area (Å²) in [4.78, 5) is 14.0. The van der Waals surface area contributed by atoms with Crippen molar-refractivity contribution in [3.63, 3.8) is 0 Å². The van der Waals surface area contributed by atoms with Crippen LogP contribution in [-0.4, -0.2) is 24.3 Å². The van der Waals surface area contributed by atoms with Crippen molar-refractivity contribution < 1.29 is 4.79 Å². The Bertz CT molecular complexity index is 401. The summed E-state index contributed by atoms with van der Waals surface area (Å²) in [6, 6.07) is 7.91. The second kappa shape index (κ2) is 6.35. The monoisotopic (exact) mass is 265 g/mol. The van der Waals surface area contributed by atoms with E-state index in [1.54, 1.807) is 0 Å². The Kier molecular flexibility index (Phi) is 4.79. The first-order valence-electron chi connectivity index (χ1n) is 6.61. The second-order valence-corrected chi connectivity index (χ2v) is 5.67. The molecule has 1 aliphatic carbocycles. The Morgan fingerprint density at radius 1 is 1.28 bits per heavy atom. The smallest absolute Gasteiger partial charge is 0.137 e. The summed E-state index contributed by atoms with van der Waals surface area (Å²) in [5, 5.41) is 0.767. The minimum absolute atomic E-state index is 0.246. The topological polar surface area (TPSA) is 20.3 Å². The van der Waals surface area contributed by atoms with E-state index >= 15 is 0 Å². The van der Waals surface area contributed by atoms with Gasteiger partial charge in [0.15, 0.2) is 0 Å². The van der Waals surface area contributed by atoms with Crippen LogP contribution in [0.5, 0.6) is 0 Å². The van der Waals surface area contributed by atoms with Crippen molar-refractivity contribution in [2.75, 3.05) is 13.6 Å². The average molecular weight is 266 g/mol. The predicted octanol–water partition coefficient (Wildman–Crippen LogP) is 3.53. The van der Waals surface area contributed by atoms with Crippen LogP contribution in [0.15, 0.2) is 24.3 Å². The van der Waals surface area contributed by atoms with Crippen molar-refractivity contribution >= 4 is 17.4 Å². The molecule has 1 atom stereocenters. The Labute approximate surface area is 114 Å². The van der Waals surface area contributed by atoms with Crippen molar-refractivity contribution in [1.82, 2.24) is 4.90 Å². The zero-order valence-corrected chi connectivity index (χ0v) is 11.6. The van der Waals surface area contributed by atoms with Gasteiger partial charge in [-0.05, 0) is 37.6 Å². The van der Waals surface area contributed by atoms with Crippen LogP contribution in [0.3, 0.4) is 0 Å². The van der Waals surface area contributed by atoms with Gasteiger partial charge in [-0.1, -0.05) is 30.2 Å². The molecule has 1 fully saturated rings. The number of benzene rings is 1. The quantitative estimate of drug-likeness (QED) is 0.830.